The van der Waals surface area contributed by atoms with Crippen molar-refractivity contribution in [2.75, 3.05) is 33.7 Å². The number of hydrogen-bond donors (Lipinski definition) is 2. The summed E-state index contributed by atoms with van der Waals surface area (Å²) >= 11 is 6.14. The van der Waals surface area contributed by atoms with Crippen molar-refractivity contribution < 1.29 is 4.79 Å². The molecule has 0 heterocycles. The Morgan fingerprint density at radius 2 is 1.96 bits per heavy atom. The van der Waals surface area contributed by atoms with Crippen molar-refractivity contribution >= 4 is 47.4 Å². The Bertz CT molecular complexity index is 575. The van der Waals surface area contributed by atoms with E-state index in [4.69, 9.17) is 11.6 Å². The molecule has 1 aromatic rings. The van der Waals surface area contributed by atoms with E-state index < -0.39 is 0 Å². The maximum atomic E-state index is 11.7. The van der Waals surface area contributed by atoms with E-state index in [1.807, 2.05) is 31.2 Å². The van der Waals surface area contributed by atoms with Crippen molar-refractivity contribution in [1.82, 2.24) is 15.5 Å². The number of guanidine groups is 1. The molecule has 0 aromatic heterocycles. The quantitative estimate of drug-likeness (QED) is 0.282. The summed E-state index contributed by atoms with van der Waals surface area (Å²) in [5.41, 5.74) is 2.06. The molecule has 0 aliphatic carbocycles. The normalized spacial score (nSPS) is 10.6. The number of carbonyl (C=O) groups excluding carboxylic acids is 1. The molecule has 0 atom stereocenters. The van der Waals surface area contributed by atoms with Crippen LogP contribution < -0.4 is 10.6 Å². The average molecular weight is 465 g/mol. The fraction of sp³-hybridized carbons (Fsp3) is 0.412. The summed E-state index contributed by atoms with van der Waals surface area (Å²) in [6.07, 6.45) is 0.773. The third-order valence-electron chi connectivity index (χ3n) is 3.07. The first-order chi connectivity index (χ1) is 10.9. The number of hydrogen-bond acceptors (Lipinski definition) is 2. The molecule has 0 aliphatic rings. The Balaban J connectivity index is 0.00000529. The minimum Gasteiger partial charge on any atom is -0.356 e. The molecule has 1 amide bonds. The molecule has 7 heteroatoms. The number of carbonyl (C=O) groups is 1. The number of likely N-dealkylation sites (N-methyl/N-ethyl adjacent to an activating group) is 1. The minimum absolute atomic E-state index is 0. The van der Waals surface area contributed by atoms with Crippen LogP contribution in [-0.2, 0) is 11.2 Å². The second kappa shape index (κ2) is 12.1. The van der Waals surface area contributed by atoms with Crippen molar-refractivity contribution in [3.8, 4) is 0 Å². The van der Waals surface area contributed by atoms with E-state index in [0.717, 1.165) is 22.6 Å². The van der Waals surface area contributed by atoms with Crippen molar-refractivity contribution in [2.45, 2.75) is 13.3 Å². The Kier molecular flexibility index (Phi) is 11.5. The summed E-state index contributed by atoms with van der Waals surface area (Å²) in [6, 6.07) is 7.75. The first-order valence-electron chi connectivity index (χ1n) is 7.50. The van der Waals surface area contributed by atoms with E-state index in [0.29, 0.717) is 19.0 Å². The van der Waals surface area contributed by atoms with Gasteiger partial charge in [-0.2, -0.15) is 0 Å². The maximum Gasteiger partial charge on any atom is 0.243 e. The summed E-state index contributed by atoms with van der Waals surface area (Å²) in [4.78, 5) is 17.5. The summed E-state index contributed by atoms with van der Waals surface area (Å²) in [7, 11) is 3.42. The standard InChI is InChI=1S/C17H25ClN4O.HI/c1-13(2)11-20-17(21-12-16(23)22(3)4)19-10-9-14-7-5-6-8-15(14)18;/h5-8H,1,9-12H2,2-4H3,(H2,19,20,21);1H. The van der Waals surface area contributed by atoms with Gasteiger partial charge in [0.25, 0.3) is 0 Å². The minimum atomic E-state index is -0.0486. The van der Waals surface area contributed by atoms with Gasteiger partial charge in [0.1, 0.15) is 6.54 Å². The molecule has 134 valence electrons. The van der Waals surface area contributed by atoms with Gasteiger partial charge in [-0.15, -0.1) is 24.0 Å². The molecule has 5 nitrogen and oxygen atoms in total. The predicted octanol–water partition coefficient (Wildman–Crippen LogP) is 2.70. The van der Waals surface area contributed by atoms with Crippen LogP contribution in [0.5, 0.6) is 0 Å². The lowest BCUT2D eigenvalue weighted by Gasteiger charge is -2.14. The van der Waals surface area contributed by atoms with Crippen LogP contribution in [0.4, 0.5) is 0 Å². The highest BCUT2D eigenvalue weighted by atomic mass is 127. The number of nitrogens with zero attached hydrogens (tertiary/aromatic N) is 2. The fourth-order valence-corrected chi connectivity index (χ4v) is 1.94. The van der Waals surface area contributed by atoms with E-state index in [1.165, 1.54) is 4.90 Å². The highest BCUT2D eigenvalue weighted by molar-refractivity contribution is 14.0. The summed E-state index contributed by atoms with van der Waals surface area (Å²) in [5.74, 6) is 0.544. The topological polar surface area (TPSA) is 56.7 Å². The SMILES string of the molecule is C=C(C)CNC(=NCC(=O)N(C)C)NCCc1ccccc1Cl.I. The van der Waals surface area contributed by atoms with E-state index in [2.05, 4.69) is 22.2 Å². The van der Waals surface area contributed by atoms with Crippen molar-refractivity contribution in [3.63, 3.8) is 0 Å². The first-order valence-corrected chi connectivity index (χ1v) is 7.88. The number of benzene rings is 1. The van der Waals surface area contributed by atoms with Gasteiger partial charge in [0.2, 0.25) is 5.91 Å². The third kappa shape index (κ3) is 9.12. The Morgan fingerprint density at radius 1 is 1.29 bits per heavy atom. The van der Waals surface area contributed by atoms with Crippen LogP contribution >= 0.6 is 35.6 Å². The summed E-state index contributed by atoms with van der Waals surface area (Å²) in [5, 5.41) is 7.12. The monoisotopic (exact) mass is 464 g/mol. The van der Waals surface area contributed by atoms with Gasteiger partial charge < -0.3 is 15.5 Å². The molecular formula is C17H26ClIN4O. The van der Waals surface area contributed by atoms with E-state index in [1.54, 1.807) is 14.1 Å². The van der Waals surface area contributed by atoms with E-state index in [9.17, 15) is 4.79 Å². The molecule has 24 heavy (non-hydrogen) atoms. The molecule has 0 radical (unpaired) electrons. The Hall–Kier alpha value is -1.28. The van der Waals surface area contributed by atoms with Gasteiger partial charge in [-0.1, -0.05) is 42.0 Å². The van der Waals surface area contributed by atoms with Crippen molar-refractivity contribution in [1.29, 1.82) is 0 Å². The van der Waals surface area contributed by atoms with Crippen molar-refractivity contribution in [3.05, 3.63) is 47.0 Å². The van der Waals surface area contributed by atoms with Crippen molar-refractivity contribution in [2.24, 2.45) is 4.99 Å². The van der Waals surface area contributed by atoms with Gasteiger partial charge in [0, 0.05) is 32.2 Å². The highest BCUT2D eigenvalue weighted by Crippen LogP contribution is 2.14. The summed E-state index contributed by atoms with van der Waals surface area (Å²) < 4.78 is 0. The number of nitrogens with one attached hydrogen (secondary N) is 2. The number of aliphatic imine (C=N–C) groups is 1. The summed E-state index contributed by atoms with van der Waals surface area (Å²) in [6.45, 7) is 7.16. The zero-order valence-corrected chi connectivity index (χ0v) is 17.5. The molecule has 0 bridgehead atoms. The molecule has 0 fully saturated rings. The fourth-order valence-electron chi connectivity index (χ4n) is 1.71. The molecule has 0 unspecified atom stereocenters. The lowest BCUT2D eigenvalue weighted by Crippen LogP contribution is -2.40. The highest BCUT2D eigenvalue weighted by Gasteiger charge is 2.05. The largest absolute Gasteiger partial charge is 0.356 e. The van der Waals surface area contributed by atoms with E-state index >= 15 is 0 Å². The number of rotatable bonds is 7. The average Bonchev–Trinajstić information content (AvgIpc) is 2.50. The van der Waals surface area contributed by atoms with Crippen LogP contribution in [0.1, 0.15) is 12.5 Å². The predicted molar refractivity (Wildman–Crippen MR) is 112 cm³/mol. The zero-order valence-electron chi connectivity index (χ0n) is 14.4. The van der Waals surface area contributed by atoms with Crippen LogP contribution in [0.3, 0.4) is 0 Å². The van der Waals surface area contributed by atoms with Crippen LogP contribution in [-0.4, -0.2) is 50.5 Å². The molecule has 0 spiro atoms. The molecule has 0 saturated carbocycles. The van der Waals surface area contributed by atoms with E-state index in [-0.39, 0.29) is 36.4 Å². The second-order valence-corrected chi connectivity index (χ2v) is 5.94. The zero-order chi connectivity index (χ0) is 17.2. The van der Waals surface area contributed by atoms with Gasteiger partial charge in [-0.05, 0) is 25.0 Å². The van der Waals surface area contributed by atoms with Gasteiger partial charge >= 0.3 is 0 Å². The number of amides is 1. The van der Waals surface area contributed by atoms with Gasteiger partial charge in [0.15, 0.2) is 5.96 Å². The first kappa shape index (κ1) is 22.7. The lowest BCUT2D eigenvalue weighted by molar-refractivity contribution is -0.127. The number of halogens is 2. The molecule has 0 saturated heterocycles. The lowest BCUT2D eigenvalue weighted by atomic mass is 10.1. The maximum absolute atomic E-state index is 11.7. The molecule has 1 aromatic carbocycles. The van der Waals surface area contributed by atoms with Gasteiger partial charge in [0.05, 0.1) is 0 Å². The van der Waals surface area contributed by atoms with Crippen LogP contribution in [0.2, 0.25) is 5.02 Å². The van der Waals surface area contributed by atoms with Gasteiger partial charge in [-0.3, -0.25) is 4.79 Å². The Labute approximate surface area is 166 Å². The van der Waals surface area contributed by atoms with Crippen LogP contribution in [0, 0.1) is 0 Å². The molecular weight excluding hydrogens is 439 g/mol. The van der Waals surface area contributed by atoms with Crippen LogP contribution in [0.15, 0.2) is 41.4 Å². The third-order valence-corrected chi connectivity index (χ3v) is 3.44. The van der Waals surface area contributed by atoms with Gasteiger partial charge in [-0.25, -0.2) is 4.99 Å². The molecule has 2 N–H and O–H groups in total. The molecule has 1 rings (SSSR count). The smallest absolute Gasteiger partial charge is 0.243 e. The second-order valence-electron chi connectivity index (χ2n) is 5.53. The van der Waals surface area contributed by atoms with Crippen LogP contribution in [0.25, 0.3) is 0 Å². The molecule has 0 aliphatic heterocycles. The Morgan fingerprint density at radius 3 is 2.54 bits per heavy atom.